The Labute approximate surface area is 153 Å². The standard InChI is InChI=1S/C18H15Cl2NO4/c1-10-3-4-13(7-11(10)2)24-6-5-21-16-14(17(22)25-18(21)23)8-12(19)9-15(16)20/h3-4,7-9H,5-6H2,1-2H3. The van der Waals surface area contributed by atoms with Gasteiger partial charge in [0.25, 0.3) is 0 Å². The number of ether oxygens (including phenoxy) is 1. The van der Waals surface area contributed by atoms with E-state index in [9.17, 15) is 9.59 Å². The van der Waals surface area contributed by atoms with Crippen LogP contribution in [0.2, 0.25) is 10.0 Å². The Morgan fingerprint density at radius 1 is 1.08 bits per heavy atom. The minimum Gasteiger partial charge on any atom is -0.492 e. The number of rotatable bonds is 4. The highest BCUT2D eigenvalue weighted by Crippen LogP contribution is 2.25. The van der Waals surface area contributed by atoms with E-state index in [0.717, 1.165) is 5.56 Å². The smallest absolute Gasteiger partial charge is 0.422 e. The molecule has 0 aliphatic carbocycles. The van der Waals surface area contributed by atoms with Gasteiger partial charge in [0.15, 0.2) is 0 Å². The second-order valence-electron chi connectivity index (χ2n) is 5.69. The molecule has 1 heterocycles. The highest BCUT2D eigenvalue weighted by Gasteiger charge is 2.14. The summed E-state index contributed by atoms with van der Waals surface area (Å²) in [6.45, 7) is 4.40. The zero-order valence-electron chi connectivity index (χ0n) is 13.6. The number of aryl methyl sites for hydroxylation is 2. The summed E-state index contributed by atoms with van der Waals surface area (Å²) in [7, 11) is 0. The zero-order valence-corrected chi connectivity index (χ0v) is 15.1. The summed E-state index contributed by atoms with van der Waals surface area (Å²) in [5.41, 5.74) is 1.80. The van der Waals surface area contributed by atoms with Gasteiger partial charge >= 0.3 is 11.4 Å². The second kappa shape index (κ2) is 6.94. The molecule has 1 aromatic heterocycles. The van der Waals surface area contributed by atoms with Crippen molar-refractivity contribution in [2.45, 2.75) is 20.4 Å². The van der Waals surface area contributed by atoms with E-state index in [1.54, 1.807) is 0 Å². The molecule has 130 valence electrons. The molecule has 0 aliphatic heterocycles. The van der Waals surface area contributed by atoms with Crippen LogP contribution in [-0.2, 0) is 6.54 Å². The van der Waals surface area contributed by atoms with Crippen molar-refractivity contribution in [3.05, 3.63) is 72.5 Å². The molecule has 3 aromatic rings. The monoisotopic (exact) mass is 379 g/mol. The molecule has 7 heteroatoms. The number of fused-ring (bicyclic) bond motifs is 1. The third-order valence-electron chi connectivity index (χ3n) is 3.98. The fraction of sp³-hybridized carbons (Fsp3) is 0.222. The lowest BCUT2D eigenvalue weighted by Crippen LogP contribution is -2.27. The second-order valence-corrected chi connectivity index (χ2v) is 6.53. The number of benzene rings is 2. The normalized spacial score (nSPS) is 11.0. The maximum atomic E-state index is 12.1. The van der Waals surface area contributed by atoms with E-state index in [-0.39, 0.29) is 29.1 Å². The molecule has 0 aliphatic rings. The Morgan fingerprint density at radius 2 is 1.84 bits per heavy atom. The molecule has 0 unspecified atom stereocenters. The average molecular weight is 380 g/mol. The van der Waals surface area contributed by atoms with Crippen LogP contribution in [0.25, 0.3) is 10.9 Å². The first kappa shape index (κ1) is 17.6. The third-order valence-corrected chi connectivity index (χ3v) is 4.49. The van der Waals surface area contributed by atoms with Crippen LogP contribution in [0.1, 0.15) is 11.1 Å². The van der Waals surface area contributed by atoms with Crippen LogP contribution in [-0.4, -0.2) is 11.2 Å². The first-order valence-corrected chi connectivity index (χ1v) is 8.35. The molecule has 0 saturated carbocycles. The summed E-state index contributed by atoms with van der Waals surface area (Å²) in [4.78, 5) is 24.0. The lowest BCUT2D eigenvalue weighted by molar-refractivity contribution is 0.287. The van der Waals surface area contributed by atoms with Gasteiger partial charge in [-0.1, -0.05) is 29.3 Å². The van der Waals surface area contributed by atoms with Crippen molar-refractivity contribution in [3.63, 3.8) is 0 Å². The molecule has 3 rings (SSSR count). The predicted molar refractivity (Wildman–Crippen MR) is 98.2 cm³/mol. The van der Waals surface area contributed by atoms with Crippen molar-refractivity contribution < 1.29 is 9.15 Å². The van der Waals surface area contributed by atoms with Gasteiger partial charge in [0, 0.05) is 5.02 Å². The van der Waals surface area contributed by atoms with E-state index in [1.165, 1.54) is 22.3 Å². The van der Waals surface area contributed by atoms with Crippen LogP contribution in [0.5, 0.6) is 5.75 Å². The van der Waals surface area contributed by atoms with Crippen molar-refractivity contribution in [1.29, 1.82) is 0 Å². The molecule has 0 saturated heterocycles. The van der Waals surface area contributed by atoms with Gasteiger partial charge in [0.05, 0.1) is 22.5 Å². The lowest BCUT2D eigenvalue weighted by atomic mass is 10.1. The van der Waals surface area contributed by atoms with E-state index < -0.39 is 11.4 Å². The van der Waals surface area contributed by atoms with Gasteiger partial charge < -0.3 is 9.15 Å². The summed E-state index contributed by atoms with van der Waals surface area (Å²) in [5.74, 6) is -0.0858. The van der Waals surface area contributed by atoms with Crippen LogP contribution in [0.3, 0.4) is 0 Å². The van der Waals surface area contributed by atoms with Crippen molar-refractivity contribution in [2.75, 3.05) is 6.61 Å². The SMILES string of the molecule is Cc1ccc(OCCn2c(=O)oc(=O)c3cc(Cl)cc(Cl)c32)cc1C. The Hall–Kier alpha value is -2.24. The van der Waals surface area contributed by atoms with Gasteiger partial charge in [-0.25, -0.2) is 9.59 Å². The van der Waals surface area contributed by atoms with Crippen molar-refractivity contribution in [3.8, 4) is 5.75 Å². The van der Waals surface area contributed by atoms with Crippen LogP contribution in [0, 0.1) is 13.8 Å². The van der Waals surface area contributed by atoms with Crippen LogP contribution in [0.4, 0.5) is 0 Å². The van der Waals surface area contributed by atoms with Gasteiger partial charge in [0.2, 0.25) is 0 Å². The number of halogens is 2. The van der Waals surface area contributed by atoms with Gasteiger partial charge in [0.1, 0.15) is 12.4 Å². The predicted octanol–water partition coefficient (Wildman–Crippen LogP) is 3.96. The largest absolute Gasteiger partial charge is 0.492 e. The minimum absolute atomic E-state index is 0.156. The van der Waals surface area contributed by atoms with Crippen LogP contribution in [0.15, 0.2) is 44.3 Å². The molecule has 0 radical (unpaired) electrons. The van der Waals surface area contributed by atoms with Crippen molar-refractivity contribution in [2.24, 2.45) is 0 Å². The average Bonchev–Trinajstić information content (AvgIpc) is 2.54. The zero-order chi connectivity index (χ0) is 18.1. The first-order valence-electron chi connectivity index (χ1n) is 7.59. The number of hydrogen-bond acceptors (Lipinski definition) is 4. The summed E-state index contributed by atoms with van der Waals surface area (Å²) in [5, 5.41) is 0.656. The van der Waals surface area contributed by atoms with Crippen molar-refractivity contribution in [1.82, 2.24) is 4.57 Å². The molecule has 0 atom stereocenters. The summed E-state index contributed by atoms with van der Waals surface area (Å²) in [6, 6.07) is 8.65. The van der Waals surface area contributed by atoms with E-state index >= 15 is 0 Å². The third kappa shape index (κ3) is 3.57. The molecule has 0 spiro atoms. The molecular weight excluding hydrogens is 365 g/mol. The van der Waals surface area contributed by atoms with Gasteiger partial charge in [-0.2, -0.15) is 0 Å². The first-order chi connectivity index (χ1) is 11.9. The van der Waals surface area contributed by atoms with Gasteiger partial charge in [-0.3, -0.25) is 4.57 Å². The Balaban J connectivity index is 1.92. The van der Waals surface area contributed by atoms with Crippen LogP contribution >= 0.6 is 23.2 Å². The summed E-state index contributed by atoms with van der Waals surface area (Å²) in [6.07, 6.45) is 0. The Bertz CT molecular complexity index is 1070. The Morgan fingerprint density at radius 3 is 2.56 bits per heavy atom. The molecule has 0 bridgehead atoms. The number of nitrogens with zero attached hydrogens (tertiary/aromatic N) is 1. The minimum atomic E-state index is -0.787. The van der Waals surface area contributed by atoms with E-state index in [2.05, 4.69) is 0 Å². The topological polar surface area (TPSA) is 61.4 Å². The Kier molecular flexibility index (Phi) is 4.88. The molecule has 0 amide bonds. The fourth-order valence-corrected chi connectivity index (χ4v) is 3.13. The fourth-order valence-electron chi connectivity index (χ4n) is 2.54. The summed E-state index contributed by atoms with van der Waals surface area (Å²) >= 11 is 12.1. The summed E-state index contributed by atoms with van der Waals surface area (Å²) < 4.78 is 11.7. The van der Waals surface area contributed by atoms with Gasteiger partial charge in [-0.05, 0) is 49.2 Å². The van der Waals surface area contributed by atoms with Gasteiger partial charge in [-0.15, -0.1) is 0 Å². The highest BCUT2D eigenvalue weighted by atomic mass is 35.5. The van der Waals surface area contributed by atoms with E-state index in [4.69, 9.17) is 32.4 Å². The number of hydrogen-bond donors (Lipinski definition) is 0. The molecule has 5 nitrogen and oxygen atoms in total. The molecule has 0 fully saturated rings. The molecule has 2 aromatic carbocycles. The maximum Gasteiger partial charge on any atom is 0.422 e. The molecule has 0 N–H and O–H groups in total. The number of aromatic nitrogens is 1. The quantitative estimate of drug-likeness (QED) is 0.688. The van der Waals surface area contributed by atoms with Crippen molar-refractivity contribution >= 4 is 34.1 Å². The molecular formula is C18H15Cl2NO4. The van der Waals surface area contributed by atoms with E-state index in [1.807, 2.05) is 32.0 Å². The van der Waals surface area contributed by atoms with E-state index in [0.29, 0.717) is 10.8 Å². The van der Waals surface area contributed by atoms with Crippen LogP contribution < -0.4 is 16.1 Å². The maximum absolute atomic E-state index is 12.1. The molecule has 25 heavy (non-hydrogen) atoms. The lowest BCUT2D eigenvalue weighted by Gasteiger charge is -2.12. The highest BCUT2D eigenvalue weighted by molar-refractivity contribution is 6.38.